The third-order valence-electron chi connectivity index (χ3n) is 7.92. The van der Waals surface area contributed by atoms with Crippen molar-refractivity contribution in [2.45, 2.75) is 84.5 Å². The molecule has 3 aromatic heterocycles. The van der Waals surface area contributed by atoms with Crippen molar-refractivity contribution in [1.82, 2.24) is 35.3 Å². The van der Waals surface area contributed by atoms with Gasteiger partial charge in [0.15, 0.2) is 5.65 Å². The predicted octanol–water partition coefficient (Wildman–Crippen LogP) is 3.87. The summed E-state index contributed by atoms with van der Waals surface area (Å²) < 4.78 is 2.02. The molecule has 5 rings (SSSR count). The topological polar surface area (TPSA) is 108 Å². The molecule has 3 N–H and O–H groups in total. The average Bonchev–Trinajstić information content (AvgIpc) is 3.25. The summed E-state index contributed by atoms with van der Waals surface area (Å²) in [5.41, 5.74) is 4.90. The lowest BCUT2D eigenvalue weighted by Gasteiger charge is -2.41. The lowest BCUT2D eigenvalue weighted by molar-refractivity contribution is 0.0952. The molecule has 0 spiro atoms. The van der Waals surface area contributed by atoms with Gasteiger partial charge in [0.2, 0.25) is 0 Å². The first-order chi connectivity index (χ1) is 18.3. The van der Waals surface area contributed by atoms with Gasteiger partial charge in [-0.3, -0.25) is 9.59 Å². The van der Waals surface area contributed by atoms with Crippen molar-refractivity contribution in [3.05, 3.63) is 62.8 Å². The van der Waals surface area contributed by atoms with Gasteiger partial charge >= 0.3 is 0 Å². The van der Waals surface area contributed by atoms with Gasteiger partial charge in [-0.1, -0.05) is 6.08 Å². The number of nitrogens with one attached hydrogen (secondary N) is 3. The lowest BCUT2D eigenvalue weighted by atomic mass is 9.82. The number of hydrogen-bond donors (Lipinski definition) is 3. The Morgan fingerprint density at radius 3 is 2.54 bits per heavy atom. The first-order valence-electron chi connectivity index (χ1n) is 13.9. The van der Waals surface area contributed by atoms with Crippen LogP contribution >= 0.6 is 0 Å². The molecule has 2 aliphatic rings. The normalized spacial score (nSPS) is 19.7. The molecule has 9 nitrogen and oxygen atoms in total. The predicted molar refractivity (Wildman–Crippen MR) is 155 cm³/mol. The summed E-state index contributed by atoms with van der Waals surface area (Å²) in [5, 5.41) is 12.2. The Labute approximate surface area is 230 Å². The molecule has 5 heterocycles. The number of hydrogen-bond acceptors (Lipinski definition) is 6. The van der Waals surface area contributed by atoms with Crippen LogP contribution in [0.3, 0.4) is 0 Å². The molecular formula is C30H41N7O2. The van der Waals surface area contributed by atoms with E-state index in [1.807, 2.05) is 30.7 Å². The maximum Gasteiger partial charge on any atom is 0.253 e. The Hall–Kier alpha value is -3.30. The van der Waals surface area contributed by atoms with E-state index in [-0.39, 0.29) is 35.1 Å². The fraction of sp³-hybridized carbons (Fsp3) is 0.533. The molecule has 0 saturated carbocycles. The van der Waals surface area contributed by atoms with Crippen LogP contribution in [0.5, 0.6) is 0 Å². The zero-order valence-electron chi connectivity index (χ0n) is 24.2. The Morgan fingerprint density at radius 2 is 1.87 bits per heavy atom. The lowest BCUT2D eigenvalue weighted by Crippen LogP contribution is -2.53. The number of pyridine rings is 2. The minimum Gasteiger partial charge on any atom is -0.348 e. The highest BCUT2D eigenvalue weighted by molar-refractivity contribution is 6.06. The summed E-state index contributed by atoms with van der Waals surface area (Å²) in [6, 6.07) is 4.05. The quantitative estimate of drug-likeness (QED) is 0.461. The largest absolute Gasteiger partial charge is 0.348 e. The van der Waals surface area contributed by atoms with Crippen LogP contribution in [-0.4, -0.2) is 61.8 Å². The number of H-pyrrole nitrogens is 1. The van der Waals surface area contributed by atoms with Crippen molar-refractivity contribution in [2.24, 2.45) is 0 Å². The molecule has 1 amide bonds. The van der Waals surface area contributed by atoms with Gasteiger partial charge in [-0.25, -0.2) is 9.67 Å². The molecular weight excluding hydrogens is 490 g/mol. The van der Waals surface area contributed by atoms with Crippen molar-refractivity contribution in [1.29, 1.82) is 0 Å². The molecule has 0 unspecified atom stereocenters. The van der Waals surface area contributed by atoms with Crippen molar-refractivity contribution >= 4 is 22.5 Å². The van der Waals surface area contributed by atoms with E-state index in [1.54, 1.807) is 6.20 Å². The second-order valence-corrected chi connectivity index (χ2v) is 12.6. The third kappa shape index (κ3) is 5.70. The smallest absolute Gasteiger partial charge is 0.253 e. The number of aromatic nitrogens is 4. The van der Waals surface area contributed by atoms with Gasteiger partial charge in [0.25, 0.3) is 11.5 Å². The number of piperidine rings is 1. The highest BCUT2D eigenvalue weighted by Crippen LogP contribution is 2.35. The first kappa shape index (κ1) is 27.3. The molecule has 9 heteroatoms. The van der Waals surface area contributed by atoms with E-state index in [0.29, 0.717) is 11.1 Å². The number of fused-ring (bicyclic) bond motifs is 1. The van der Waals surface area contributed by atoms with Crippen LogP contribution in [0.4, 0.5) is 0 Å². The van der Waals surface area contributed by atoms with Crippen LogP contribution < -0.4 is 16.2 Å². The number of likely N-dealkylation sites (tertiary alicyclic amines) is 1. The molecule has 1 saturated heterocycles. The average molecular weight is 532 g/mol. The zero-order chi connectivity index (χ0) is 28.1. The Bertz CT molecular complexity index is 1500. The van der Waals surface area contributed by atoms with E-state index in [9.17, 15) is 9.59 Å². The van der Waals surface area contributed by atoms with Gasteiger partial charge in [-0.05, 0) is 104 Å². The minimum absolute atomic E-state index is 0.120. The van der Waals surface area contributed by atoms with Gasteiger partial charge in [-0.15, -0.1) is 0 Å². The van der Waals surface area contributed by atoms with Crippen molar-refractivity contribution in [3.8, 4) is 0 Å². The monoisotopic (exact) mass is 531 g/mol. The second kappa shape index (κ2) is 10.0. The highest BCUT2D eigenvalue weighted by Gasteiger charge is 2.34. The molecule has 1 fully saturated rings. The van der Waals surface area contributed by atoms with E-state index in [4.69, 9.17) is 10.1 Å². The van der Waals surface area contributed by atoms with Crippen molar-refractivity contribution in [2.75, 3.05) is 20.1 Å². The number of aryl methyl sites for hydroxylation is 2. The molecule has 0 aliphatic carbocycles. The Morgan fingerprint density at radius 1 is 1.15 bits per heavy atom. The molecule has 2 aliphatic heterocycles. The molecule has 3 aromatic rings. The van der Waals surface area contributed by atoms with E-state index in [0.717, 1.165) is 65.9 Å². The van der Waals surface area contributed by atoms with Gasteiger partial charge in [0, 0.05) is 28.9 Å². The number of carbonyl (C=O) groups excluding carboxylic acids is 1. The number of nitrogens with zero attached hydrogens (tertiary/aromatic N) is 4. The fourth-order valence-corrected chi connectivity index (χ4v) is 6.32. The Balaban J connectivity index is 1.57. The van der Waals surface area contributed by atoms with Gasteiger partial charge in [0.05, 0.1) is 28.9 Å². The van der Waals surface area contributed by atoms with Crippen LogP contribution in [-0.2, 0) is 6.54 Å². The third-order valence-corrected chi connectivity index (χ3v) is 7.92. The summed E-state index contributed by atoms with van der Waals surface area (Å²) in [6.07, 6.45) is 6.76. The summed E-state index contributed by atoms with van der Waals surface area (Å²) in [5.74, 6) is -0.237. The fourth-order valence-electron chi connectivity index (χ4n) is 6.32. The first-order valence-corrected chi connectivity index (χ1v) is 13.9. The molecule has 0 radical (unpaired) electrons. The molecule has 39 heavy (non-hydrogen) atoms. The molecule has 0 aromatic carbocycles. The maximum atomic E-state index is 13.7. The molecule has 208 valence electrons. The van der Waals surface area contributed by atoms with Crippen LogP contribution in [0.1, 0.15) is 85.9 Å². The maximum absolute atomic E-state index is 13.7. The number of aromatic amines is 1. The van der Waals surface area contributed by atoms with E-state index in [1.165, 1.54) is 0 Å². The van der Waals surface area contributed by atoms with Crippen LogP contribution in [0, 0.1) is 13.8 Å². The highest BCUT2D eigenvalue weighted by atomic mass is 16.1. The summed E-state index contributed by atoms with van der Waals surface area (Å²) in [7, 11) is 2.14. The van der Waals surface area contributed by atoms with Gasteiger partial charge in [-0.2, -0.15) is 5.10 Å². The second-order valence-electron chi connectivity index (χ2n) is 12.6. The zero-order valence-corrected chi connectivity index (χ0v) is 24.2. The Kier molecular flexibility index (Phi) is 7.01. The summed E-state index contributed by atoms with van der Waals surface area (Å²) in [6.45, 7) is 14.6. The van der Waals surface area contributed by atoms with Gasteiger partial charge < -0.3 is 20.5 Å². The summed E-state index contributed by atoms with van der Waals surface area (Å²) >= 11 is 0. The SMILES string of the molecule is Cc1cc(C)c(CNC(=O)c2cc(C3=CC(C)(C)NC(C)(C)C3)nc3c2cnn3C2CCN(C)CC2)c(=O)[nH]1. The molecule has 0 atom stereocenters. The number of amides is 1. The van der Waals surface area contributed by atoms with Crippen LogP contribution in [0.15, 0.2) is 29.2 Å². The molecule has 0 bridgehead atoms. The van der Waals surface area contributed by atoms with Crippen molar-refractivity contribution in [3.63, 3.8) is 0 Å². The van der Waals surface area contributed by atoms with Crippen molar-refractivity contribution < 1.29 is 4.79 Å². The summed E-state index contributed by atoms with van der Waals surface area (Å²) in [4.78, 5) is 36.6. The minimum atomic E-state index is -0.237. The number of rotatable bonds is 5. The standard InChI is InChI=1S/C30H41N7O2/c1-18-12-19(2)33-28(39)23(18)16-31-27(38)22-13-25(20-14-29(3,4)35-30(5,6)15-20)34-26-24(22)17-32-37(26)21-8-10-36(7)11-9-21/h12-14,17,21,35H,8-11,15-16H2,1-7H3,(H,31,38)(H,33,39). The van der Waals surface area contributed by atoms with Crippen LogP contribution in [0.25, 0.3) is 16.6 Å². The van der Waals surface area contributed by atoms with E-state index in [2.05, 4.69) is 61.3 Å². The van der Waals surface area contributed by atoms with E-state index < -0.39 is 0 Å². The van der Waals surface area contributed by atoms with E-state index >= 15 is 0 Å². The van der Waals surface area contributed by atoms with Crippen LogP contribution in [0.2, 0.25) is 0 Å². The number of carbonyl (C=O) groups is 1. The van der Waals surface area contributed by atoms with Gasteiger partial charge in [0.1, 0.15) is 0 Å².